The Morgan fingerprint density at radius 1 is 1.29 bits per heavy atom. The molecule has 0 aromatic carbocycles. The second kappa shape index (κ2) is 6.21. The largest absolute Gasteiger partial charge is 0.389 e. The fraction of sp³-hybridized carbons (Fsp3) is 0.727. The van der Waals surface area contributed by atoms with Gasteiger partial charge in [-0.05, 0) is 60.2 Å². The van der Waals surface area contributed by atoms with Gasteiger partial charge in [0.15, 0.2) is 11.6 Å². The number of aliphatic hydroxyl groups excluding tert-OH is 1. The molecule has 0 aromatic heterocycles. The third-order valence-electron chi connectivity index (χ3n) is 8.43. The minimum absolute atomic E-state index is 0.0212. The Kier molecular flexibility index (Phi) is 4.49. The molecule has 0 saturated heterocycles. The molecule has 3 saturated carbocycles. The predicted molar refractivity (Wildman–Crippen MR) is 102 cm³/mol. The highest BCUT2D eigenvalue weighted by Gasteiger charge is 2.72. The van der Waals surface area contributed by atoms with E-state index in [1.165, 1.54) is 12.2 Å². The molecule has 1 unspecified atom stereocenters. The van der Waals surface area contributed by atoms with Gasteiger partial charge in [-0.15, -0.1) is 11.6 Å². The molecule has 0 heterocycles. The molecule has 0 radical (unpaired) electrons. The van der Waals surface area contributed by atoms with Crippen molar-refractivity contribution in [3.63, 3.8) is 0 Å². The van der Waals surface area contributed by atoms with Gasteiger partial charge in [0.1, 0.15) is 19.0 Å². The van der Waals surface area contributed by atoms with Crippen molar-refractivity contribution >= 4 is 23.2 Å². The third-order valence-corrected chi connectivity index (χ3v) is 9.34. The first kappa shape index (κ1) is 20.2. The number of allylic oxidation sites excluding steroid dienone is 4. The van der Waals surface area contributed by atoms with Crippen LogP contribution in [0.2, 0.25) is 0 Å². The Morgan fingerprint density at radius 2 is 1.96 bits per heavy atom. The second-order valence-corrected chi connectivity index (χ2v) is 10.3. The van der Waals surface area contributed by atoms with Crippen molar-refractivity contribution < 1.29 is 23.5 Å². The van der Waals surface area contributed by atoms with E-state index in [4.69, 9.17) is 11.6 Å². The zero-order chi connectivity index (χ0) is 20.6. The summed E-state index contributed by atoms with van der Waals surface area (Å²) < 4.78 is 31.2. The first-order valence-corrected chi connectivity index (χ1v) is 10.4. The quantitative estimate of drug-likeness (QED) is 0.698. The van der Waals surface area contributed by atoms with Gasteiger partial charge in [-0.1, -0.05) is 26.8 Å². The summed E-state index contributed by atoms with van der Waals surface area (Å²) in [7, 11) is 0. The zero-order valence-electron chi connectivity index (χ0n) is 16.4. The molecule has 28 heavy (non-hydrogen) atoms. The highest BCUT2D eigenvalue weighted by atomic mass is 35.5. The molecule has 4 rings (SSSR count). The maximum atomic E-state index is 15.9. The van der Waals surface area contributed by atoms with E-state index in [0.717, 1.165) is 0 Å². The van der Waals surface area contributed by atoms with Gasteiger partial charge in [-0.25, -0.2) is 8.78 Å². The van der Waals surface area contributed by atoms with Gasteiger partial charge in [-0.3, -0.25) is 9.59 Å². The van der Waals surface area contributed by atoms with Crippen molar-refractivity contribution in [3.05, 3.63) is 23.8 Å². The summed E-state index contributed by atoms with van der Waals surface area (Å²) in [5, 5.41) is 9.45. The summed E-state index contributed by atoms with van der Waals surface area (Å²) in [5.74, 6) is -1.62. The topological polar surface area (TPSA) is 54.4 Å². The van der Waals surface area contributed by atoms with Gasteiger partial charge < -0.3 is 5.11 Å². The average molecular weight is 413 g/mol. The van der Waals surface area contributed by atoms with Gasteiger partial charge in [0.2, 0.25) is 0 Å². The van der Waals surface area contributed by atoms with Gasteiger partial charge >= 0.3 is 0 Å². The van der Waals surface area contributed by atoms with Crippen molar-refractivity contribution in [2.45, 2.75) is 57.3 Å². The molecule has 154 valence electrons. The third kappa shape index (κ3) is 2.29. The van der Waals surface area contributed by atoms with Gasteiger partial charge in [-0.2, -0.15) is 0 Å². The van der Waals surface area contributed by atoms with E-state index in [2.05, 4.69) is 0 Å². The molecule has 0 spiro atoms. The highest BCUT2D eigenvalue weighted by molar-refractivity contribution is 6.26. The number of Topliss-reactive ketones (excluding diaryl/α,β-unsaturated/α-hetero) is 1. The van der Waals surface area contributed by atoms with Crippen LogP contribution in [-0.2, 0) is 9.59 Å². The van der Waals surface area contributed by atoms with Crippen molar-refractivity contribution in [3.8, 4) is 0 Å². The fourth-order valence-electron chi connectivity index (χ4n) is 7.29. The number of ketones is 2. The van der Waals surface area contributed by atoms with Crippen LogP contribution in [0.3, 0.4) is 0 Å². The zero-order valence-corrected chi connectivity index (χ0v) is 17.2. The van der Waals surface area contributed by atoms with E-state index in [0.29, 0.717) is 6.42 Å². The molecule has 1 N–H and O–H groups in total. The molecule has 0 aromatic rings. The molecule has 4 aliphatic rings. The summed E-state index contributed by atoms with van der Waals surface area (Å²) in [4.78, 5) is 23.0. The number of halogens is 3. The van der Waals surface area contributed by atoms with Crippen LogP contribution in [0, 0.1) is 34.5 Å². The van der Waals surface area contributed by atoms with Crippen LogP contribution < -0.4 is 0 Å². The van der Waals surface area contributed by atoms with Crippen molar-refractivity contribution in [2.24, 2.45) is 34.5 Å². The maximum Gasteiger partial charge on any atom is 0.178 e. The smallest absolute Gasteiger partial charge is 0.178 e. The van der Waals surface area contributed by atoms with Crippen LogP contribution in [0.1, 0.15) is 40.0 Å². The SMILES string of the molecule is C[C@@H]1C[C@H]2[C@@H]3C[C@H](F)C4=CC(=O)C=C[C@]4(C)[C@@]3(Cl)[C@@H](F)C[C@]2(C)C1C(=O)CO. The number of hydrogen-bond donors (Lipinski definition) is 1. The van der Waals surface area contributed by atoms with Crippen molar-refractivity contribution in [2.75, 3.05) is 6.61 Å². The molecule has 4 aliphatic carbocycles. The second-order valence-electron chi connectivity index (χ2n) is 9.71. The van der Waals surface area contributed by atoms with Gasteiger partial charge in [0.25, 0.3) is 0 Å². The number of hydrogen-bond acceptors (Lipinski definition) is 3. The monoisotopic (exact) mass is 412 g/mol. The minimum Gasteiger partial charge on any atom is -0.389 e. The van der Waals surface area contributed by atoms with Crippen LogP contribution in [0.4, 0.5) is 8.78 Å². The molecule has 0 amide bonds. The van der Waals surface area contributed by atoms with Crippen LogP contribution >= 0.6 is 11.6 Å². The fourth-order valence-corrected chi connectivity index (χ4v) is 7.78. The summed E-state index contributed by atoms with van der Waals surface area (Å²) in [6, 6.07) is 0. The lowest BCUT2D eigenvalue weighted by molar-refractivity contribution is -0.136. The number of alkyl halides is 3. The number of carbonyl (C=O) groups is 2. The summed E-state index contributed by atoms with van der Waals surface area (Å²) in [6.07, 6.45) is 2.20. The Morgan fingerprint density at radius 3 is 2.61 bits per heavy atom. The maximum absolute atomic E-state index is 15.9. The van der Waals surface area contributed by atoms with E-state index in [9.17, 15) is 14.7 Å². The molecule has 3 fully saturated rings. The van der Waals surface area contributed by atoms with E-state index >= 15 is 8.78 Å². The average Bonchev–Trinajstić information content (AvgIpc) is 2.89. The number of rotatable bonds is 2. The highest BCUT2D eigenvalue weighted by Crippen LogP contribution is 2.71. The molecule has 0 bridgehead atoms. The lowest BCUT2D eigenvalue weighted by Crippen LogP contribution is -2.66. The molecule has 3 nitrogen and oxygen atoms in total. The van der Waals surface area contributed by atoms with Gasteiger partial charge in [0.05, 0.1) is 4.87 Å². The standard InChI is InChI=1S/C22H27ClF2O3/c1-11-6-13-14-8-16(24)15-7-12(27)4-5-21(15,3)22(14,23)18(25)9-20(13,2)19(11)17(28)10-26/h4-5,7,11,13-14,16,18-19,26H,6,8-10H2,1-3H3/t11-,13+,14+,16+,18+,19?,20+,21+,22+/m1/s1. The van der Waals surface area contributed by atoms with Crippen LogP contribution in [-0.4, -0.2) is 40.5 Å². The summed E-state index contributed by atoms with van der Waals surface area (Å²) in [5.41, 5.74) is -1.48. The minimum atomic E-state index is -1.46. The Hall–Kier alpha value is -1.07. The Balaban J connectivity index is 1.84. The van der Waals surface area contributed by atoms with Crippen LogP contribution in [0.25, 0.3) is 0 Å². The Bertz CT molecular complexity index is 795. The lowest BCUT2D eigenvalue weighted by Gasteiger charge is -2.63. The number of aliphatic hydroxyl groups is 1. The van der Waals surface area contributed by atoms with E-state index in [1.54, 1.807) is 13.0 Å². The molecular weight excluding hydrogens is 386 g/mol. The van der Waals surface area contributed by atoms with E-state index < -0.39 is 46.5 Å². The van der Waals surface area contributed by atoms with Gasteiger partial charge in [0, 0.05) is 11.3 Å². The van der Waals surface area contributed by atoms with E-state index in [-0.39, 0.29) is 41.8 Å². The van der Waals surface area contributed by atoms with Crippen LogP contribution in [0.5, 0.6) is 0 Å². The Labute approximate surface area is 169 Å². The molecule has 0 aliphatic heterocycles. The lowest BCUT2D eigenvalue weighted by atomic mass is 9.46. The first-order valence-electron chi connectivity index (χ1n) is 10.1. The molecular formula is C22H27ClF2O3. The summed E-state index contributed by atoms with van der Waals surface area (Å²) >= 11 is 7.11. The number of fused-ring (bicyclic) bond motifs is 5. The first-order chi connectivity index (χ1) is 13.0. The van der Waals surface area contributed by atoms with Crippen molar-refractivity contribution in [1.82, 2.24) is 0 Å². The summed E-state index contributed by atoms with van der Waals surface area (Å²) in [6.45, 7) is 5.03. The molecule has 9 atom stereocenters. The van der Waals surface area contributed by atoms with E-state index in [1.807, 2.05) is 13.8 Å². The normalized spacial score (nSPS) is 52.5. The van der Waals surface area contributed by atoms with Crippen molar-refractivity contribution in [1.29, 1.82) is 0 Å². The number of carbonyl (C=O) groups excluding carboxylic acids is 2. The van der Waals surface area contributed by atoms with Crippen LogP contribution in [0.15, 0.2) is 23.8 Å². The molecule has 6 heteroatoms. The predicted octanol–water partition coefficient (Wildman–Crippen LogP) is 3.98.